The zero-order valence-corrected chi connectivity index (χ0v) is 13.2. The van der Waals surface area contributed by atoms with Crippen molar-refractivity contribution in [1.82, 2.24) is 10.2 Å². The quantitative estimate of drug-likeness (QED) is 0.893. The maximum absolute atomic E-state index is 11.2. The number of benzene rings is 1. The fourth-order valence-electron chi connectivity index (χ4n) is 3.60. The summed E-state index contributed by atoms with van der Waals surface area (Å²) in [7, 11) is 1.72. The highest BCUT2D eigenvalue weighted by Gasteiger charge is 2.25. The number of likely N-dealkylation sites (tertiary alicyclic amines) is 1. The number of piperidine rings is 1. The van der Waals surface area contributed by atoms with Crippen LogP contribution >= 0.6 is 0 Å². The summed E-state index contributed by atoms with van der Waals surface area (Å²) in [5.41, 5.74) is 8.18. The van der Waals surface area contributed by atoms with E-state index in [-0.39, 0.29) is 6.03 Å². The molecule has 1 aliphatic carbocycles. The summed E-state index contributed by atoms with van der Waals surface area (Å²) >= 11 is 0. The van der Waals surface area contributed by atoms with E-state index >= 15 is 0 Å². The van der Waals surface area contributed by atoms with Crippen molar-refractivity contribution in [2.45, 2.75) is 44.2 Å². The van der Waals surface area contributed by atoms with Gasteiger partial charge in [-0.3, -0.25) is 0 Å². The van der Waals surface area contributed by atoms with Gasteiger partial charge in [0.2, 0.25) is 0 Å². The van der Waals surface area contributed by atoms with Crippen molar-refractivity contribution in [3.63, 3.8) is 0 Å². The topological polar surface area (TPSA) is 67.6 Å². The number of rotatable bonds is 3. The van der Waals surface area contributed by atoms with Crippen molar-refractivity contribution in [2.75, 3.05) is 20.2 Å². The first-order valence-corrected chi connectivity index (χ1v) is 8.12. The highest BCUT2D eigenvalue weighted by molar-refractivity contribution is 5.72. The Morgan fingerprint density at radius 2 is 2.00 bits per heavy atom. The third kappa shape index (κ3) is 3.35. The molecule has 120 valence electrons. The van der Waals surface area contributed by atoms with E-state index in [4.69, 9.17) is 10.5 Å². The van der Waals surface area contributed by atoms with Crippen LogP contribution in [0.2, 0.25) is 0 Å². The van der Waals surface area contributed by atoms with Crippen LogP contribution in [0, 0.1) is 0 Å². The van der Waals surface area contributed by atoms with Gasteiger partial charge in [0.1, 0.15) is 5.75 Å². The fourth-order valence-corrected chi connectivity index (χ4v) is 3.60. The summed E-state index contributed by atoms with van der Waals surface area (Å²) in [6, 6.07) is 7.12. The molecule has 3 rings (SSSR count). The highest BCUT2D eigenvalue weighted by Crippen LogP contribution is 2.26. The molecule has 0 spiro atoms. The Balaban J connectivity index is 1.55. The van der Waals surface area contributed by atoms with Crippen LogP contribution < -0.4 is 15.8 Å². The highest BCUT2D eigenvalue weighted by atomic mass is 16.5. The first-order chi connectivity index (χ1) is 10.7. The minimum Gasteiger partial charge on any atom is -0.497 e. The summed E-state index contributed by atoms with van der Waals surface area (Å²) in [6.07, 6.45) is 5.34. The predicted molar refractivity (Wildman–Crippen MR) is 86.1 cm³/mol. The zero-order chi connectivity index (χ0) is 15.5. The predicted octanol–water partition coefficient (Wildman–Crippen LogP) is 1.69. The van der Waals surface area contributed by atoms with Gasteiger partial charge < -0.3 is 20.7 Å². The van der Waals surface area contributed by atoms with Crippen LogP contribution in [-0.4, -0.2) is 43.2 Å². The first kappa shape index (κ1) is 15.2. The molecule has 1 aliphatic heterocycles. The van der Waals surface area contributed by atoms with E-state index in [9.17, 15) is 4.79 Å². The van der Waals surface area contributed by atoms with Crippen LogP contribution in [0.5, 0.6) is 5.75 Å². The lowest BCUT2D eigenvalue weighted by molar-refractivity contribution is 0.181. The number of methoxy groups -OCH3 is 1. The second-order valence-electron chi connectivity index (χ2n) is 6.34. The molecule has 0 bridgehead atoms. The molecular weight excluding hydrogens is 278 g/mol. The lowest BCUT2D eigenvalue weighted by atomic mass is 9.87. The van der Waals surface area contributed by atoms with Crippen LogP contribution in [0.3, 0.4) is 0 Å². The number of nitrogens with zero attached hydrogens (tertiary/aromatic N) is 1. The second kappa shape index (κ2) is 6.57. The van der Waals surface area contributed by atoms with Gasteiger partial charge in [-0.25, -0.2) is 4.79 Å². The fraction of sp³-hybridized carbons (Fsp3) is 0.588. The van der Waals surface area contributed by atoms with E-state index in [2.05, 4.69) is 17.4 Å². The summed E-state index contributed by atoms with van der Waals surface area (Å²) in [4.78, 5) is 12.9. The van der Waals surface area contributed by atoms with E-state index < -0.39 is 0 Å². The van der Waals surface area contributed by atoms with Crippen molar-refractivity contribution in [3.05, 3.63) is 29.3 Å². The van der Waals surface area contributed by atoms with Crippen molar-refractivity contribution >= 4 is 6.03 Å². The molecule has 0 radical (unpaired) electrons. The van der Waals surface area contributed by atoms with Crippen LogP contribution in [0.25, 0.3) is 0 Å². The van der Waals surface area contributed by atoms with Crippen LogP contribution in [0.15, 0.2) is 18.2 Å². The van der Waals surface area contributed by atoms with E-state index in [1.165, 1.54) is 17.5 Å². The Hall–Kier alpha value is -1.75. The number of ether oxygens (including phenoxy) is 1. The summed E-state index contributed by atoms with van der Waals surface area (Å²) in [5.74, 6) is 0.939. The third-order valence-electron chi connectivity index (χ3n) is 4.92. The Morgan fingerprint density at radius 1 is 1.23 bits per heavy atom. The Morgan fingerprint density at radius 3 is 2.68 bits per heavy atom. The van der Waals surface area contributed by atoms with Crippen LogP contribution in [0.1, 0.15) is 30.4 Å². The van der Waals surface area contributed by atoms with Gasteiger partial charge in [0, 0.05) is 25.2 Å². The molecule has 0 saturated carbocycles. The molecular formula is C17H25N3O2. The summed E-state index contributed by atoms with van der Waals surface area (Å²) < 4.78 is 5.33. The minimum absolute atomic E-state index is 0.294. The van der Waals surface area contributed by atoms with Crippen LogP contribution in [0.4, 0.5) is 4.79 Å². The Kier molecular flexibility index (Phi) is 4.52. The summed E-state index contributed by atoms with van der Waals surface area (Å²) in [5, 5.41) is 3.78. The molecule has 1 saturated heterocycles. The summed E-state index contributed by atoms with van der Waals surface area (Å²) in [6.45, 7) is 1.54. The number of nitrogens with two attached hydrogens (primary N) is 1. The number of aryl methyl sites for hydroxylation is 1. The zero-order valence-electron chi connectivity index (χ0n) is 13.2. The third-order valence-corrected chi connectivity index (χ3v) is 4.92. The second-order valence-corrected chi connectivity index (χ2v) is 6.34. The molecule has 0 aromatic heterocycles. The van der Waals surface area contributed by atoms with E-state index in [0.717, 1.165) is 44.5 Å². The van der Waals surface area contributed by atoms with E-state index in [0.29, 0.717) is 12.1 Å². The largest absolute Gasteiger partial charge is 0.497 e. The number of hydrogen-bond acceptors (Lipinski definition) is 3. The number of nitrogens with one attached hydrogen (secondary N) is 1. The van der Waals surface area contributed by atoms with Gasteiger partial charge in [0.25, 0.3) is 0 Å². The molecule has 2 aliphatic rings. The molecule has 1 fully saturated rings. The van der Waals surface area contributed by atoms with E-state index in [1.54, 1.807) is 12.0 Å². The number of carbonyl (C=O) groups excluding carboxylic acids is 1. The SMILES string of the molecule is COc1ccc2c(c1)C[C@@H](NC1CCN(C(N)=O)CC1)CC2. The van der Waals surface area contributed by atoms with Gasteiger partial charge >= 0.3 is 6.03 Å². The number of hydrogen-bond donors (Lipinski definition) is 2. The number of primary amides is 1. The van der Waals surface area contributed by atoms with Gasteiger partial charge in [-0.1, -0.05) is 6.07 Å². The molecule has 5 nitrogen and oxygen atoms in total. The minimum atomic E-state index is -0.294. The molecule has 3 N–H and O–H groups in total. The standard InChI is InChI=1S/C17H25N3O2/c1-22-16-5-3-12-2-4-15(10-13(12)11-16)19-14-6-8-20(9-7-14)17(18)21/h3,5,11,14-15,19H,2,4,6-10H2,1H3,(H2,18,21)/t15-/m0/s1. The maximum Gasteiger partial charge on any atom is 0.314 e. The van der Waals surface area contributed by atoms with Gasteiger partial charge in [0.05, 0.1) is 7.11 Å². The van der Waals surface area contributed by atoms with Crippen molar-refractivity contribution in [1.29, 1.82) is 0 Å². The first-order valence-electron chi connectivity index (χ1n) is 8.12. The molecule has 22 heavy (non-hydrogen) atoms. The average molecular weight is 303 g/mol. The van der Waals surface area contributed by atoms with Gasteiger partial charge in [-0.15, -0.1) is 0 Å². The average Bonchev–Trinajstić information content (AvgIpc) is 2.54. The number of urea groups is 1. The lowest BCUT2D eigenvalue weighted by Crippen LogP contribution is -2.50. The molecule has 2 amide bonds. The lowest BCUT2D eigenvalue weighted by Gasteiger charge is -2.35. The van der Waals surface area contributed by atoms with Crippen molar-refractivity contribution < 1.29 is 9.53 Å². The molecule has 1 aromatic rings. The van der Waals surface area contributed by atoms with Gasteiger partial charge in [-0.05, 0) is 55.4 Å². The number of fused-ring (bicyclic) bond motifs is 1. The van der Waals surface area contributed by atoms with E-state index in [1.807, 2.05) is 6.07 Å². The van der Waals surface area contributed by atoms with Gasteiger partial charge in [0.15, 0.2) is 0 Å². The molecule has 0 unspecified atom stereocenters. The smallest absolute Gasteiger partial charge is 0.314 e. The normalized spacial score (nSPS) is 22.2. The number of amides is 2. The Bertz CT molecular complexity index is 539. The number of carbonyl (C=O) groups is 1. The van der Waals surface area contributed by atoms with Crippen molar-refractivity contribution in [2.24, 2.45) is 5.73 Å². The maximum atomic E-state index is 11.2. The van der Waals surface area contributed by atoms with Gasteiger partial charge in [-0.2, -0.15) is 0 Å². The Labute approximate surface area is 131 Å². The molecule has 1 heterocycles. The molecule has 1 atom stereocenters. The molecule has 5 heteroatoms. The van der Waals surface area contributed by atoms with Crippen LogP contribution in [-0.2, 0) is 12.8 Å². The monoisotopic (exact) mass is 303 g/mol. The van der Waals surface area contributed by atoms with Crippen molar-refractivity contribution in [3.8, 4) is 5.75 Å². The molecule has 1 aromatic carbocycles.